The van der Waals surface area contributed by atoms with Crippen LogP contribution in [0.2, 0.25) is 0 Å². The molecular formula is C20H25N3O4. The highest BCUT2D eigenvalue weighted by molar-refractivity contribution is 5.87. The topological polar surface area (TPSA) is 79.0 Å². The van der Waals surface area contributed by atoms with Crippen molar-refractivity contribution in [3.63, 3.8) is 0 Å². The molecule has 3 rings (SSSR count). The van der Waals surface area contributed by atoms with Crippen LogP contribution in [0.4, 0.5) is 4.79 Å². The Morgan fingerprint density at radius 2 is 1.78 bits per heavy atom. The van der Waals surface area contributed by atoms with Crippen LogP contribution in [-0.4, -0.2) is 59.9 Å². The van der Waals surface area contributed by atoms with Crippen LogP contribution in [-0.2, 0) is 20.9 Å². The third-order valence-corrected chi connectivity index (χ3v) is 5.04. The second kappa shape index (κ2) is 8.70. The maximum Gasteiger partial charge on any atom is 0.410 e. The SMILES string of the molecule is C=CC(=O)N1CCC(C(=O)NC2CN(C(=O)OCc3ccccc3)C2)CC1. The molecule has 144 valence electrons. The molecule has 1 aromatic rings. The summed E-state index contributed by atoms with van der Waals surface area (Å²) in [5.41, 5.74) is 0.942. The molecule has 2 aliphatic heterocycles. The monoisotopic (exact) mass is 371 g/mol. The van der Waals surface area contributed by atoms with Crippen molar-refractivity contribution in [1.29, 1.82) is 0 Å². The van der Waals surface area contributed by atoms with Crippen LogP contribution in [0.3, 0.4) is 0 Å². The zero-order chi connectivity index (χ0) is 19.2. The van der Waals surface area contributed by atoms with Gasteiger partial charge in [-0.25, -0.2) is 4.79 Å². The van der Waals surface area contributed by atoms with Crippen LogP contribution in [0.5, 0.6) is 0 Å². The Morgan fingerprint density at radius 1 is 1.11 bits per heavy atom. The molecule has 27 heavy (non-hydrogen) atoms. The van der Waals surface area contributed by atoms with Gasteiger partial charge in [0.05, 0.1) is 6.04 Å². The second-order valence-corrected chi connectivity index (χ2v) is 6.95. The van der Waals surface area contributed by atoms with E-state index in [-0.39, 0.29) is 36.5 Å². The van der Waals surface area contributed by atoms with Crippen molar-refractivity contribution in [1.82, 2.24) is 15.1 Å². The van der Waals surface area contributed by atoms with Crippen molar-refractivity contribution in [2.45, 2.75) is 25.5 Å². The lowest BCUT2D eigenvalue weighted by Gasteiger charge is -2.39. The summed E-state index contributed by atoms with van der Waals surface area (Å²) in [5.74, 6) is -0.168. The summed E-state index contributed by atoms with van der Waals surface area (Å²) in [5, 5.41) is 2.99. The first-order valence-corrected chi connectivity index (χ1v) is 9.24. The lowest BCUT2D eigenvalue weighted by atomic mass is 9.95. The van der Waals surface area contributed by atoms with Gasteiger partial charge in [-0.3, -0.25) is 9.59 Å². The van der Waals surface area contributed by atoms with Gasteiger partial charge < -0.3 is 19.9 Å². The number of ether oxygens (including phenoxy) is 1. The number of nitrogens with one attached hydrogen (secondary N) is 1. The minimum atomic E-state index is -0.361. The highest BCUT2D eigenvalue weighted by atomic mass is 16.6. The molecule has 0 aliphatic carbocycles. The van der Waals surface area contributed by atoms with Crippen LogP contribution in [0.15, 0.2) is 43.0 Å². The van der Waals surface area contributed by atoms with Crippen LogP contribution in [0.25, 0.3) is 0 Å². The summed E-state index contributed by atoms with van der Waals surface area (Å²) in [6, 6.07) is 9.48. The average Bonchev–Trinajstić information content (AvgIpc) is 2.68. The van der Waals surface area contributed by atoms with Gasteiger partial charge in [0.15, 0.2) is 0 Å². The third-order valence-electron chi connectivity index (χ3n) is 5.04. The summed E-state index contributed by atoms with van der Waals surface area (Å²) >= 11 is 0. The van der Waals surface area contributed by atoms with Gasteiger partial charge in [-0.2, -0.15) is 0 Å². The maximum atomic E-state index is 12.4. The Hall–Kier alpha value is -2.83. The predicted octanol–water partition coefficient (Wildman–Crippen LogP) is 1.55. The molecule has 0 saturated carbocycles. The molecule has 2 heterocycles. The molecule has 1 N–H and O–H groups in total. The standard InChI is InChI=1S/C20H25N3O4/c1-2-18(24)22-10-8-16(9-11-22)19(25)21-17-12-23(13-17)20(26)27-14-15-6-4-3-5-7-15/h2-7,16-17H,1,8-14H2,(H,21,25). The van der Waals surface area contributed by atoms with Gasteiger partial charge in [0, 0.05) is 32.1 Å². The predicted molar refractivity (Wildman–Crippen MR) is 99.6 cm³/mol. The zero-order valence-corrected chi connectivity index (χ0v) is 15.3. The number of carbonyl (C=O) groups excluding carboxylic acids is 3. The van der Waals surface area contributed by atoms with Gasteiger partial charge in [-0.05, 0) is 24.5 Å². The van der Waals surface area contributed by atoms with E-state index in [1.807, 2.05) is 30.3 Å². The fourth-order valence-electron chi connectivity index (χ4n) is 3.34. The van der Waals surface area contributed by atoms with E-state index in [1.165, 1.54) is 6.08 Å². The average molecular weight is 371 g/mol. The van der Waals surface area contributed by atoms with Crippen molar-refractivity contribution >= 4 is 17.9 Å². The first kappa shape index (κ1) is 18.9. The Kier molecular flexibility index (Phi) is 6.11. The molecule has 0 aromatic heterocycles. The second-order valence-electron chi connectivity index (χ2n) is 6.95. The fourth-order valence-corrected chi connectivity index (χ4v) is 3.34. The number of amides is 3. The molecule has 7 nitrogen and oxygen atoms in total. The van der Waals surface area contributed by atoms with E-state index in [9.17, 15) is 14.4 Å². The van der Waals surface area contributed by atoms with E-state index >= 15 is 0 Å². The molecule has 3 amide bonds. The molecule has 0 spiro atoms. The van der Waals surface area contributed by atoms with E-state index < -0.39 is 0 Å². The van der Waals surface area contributed by atoms with Crippen molar-refractivity contribution in [3.8, 4) is 0 Å². The maximum absolute atomic E-state index is 12.4. The van der Waals surface area contributed by atoms with Gasteiger partial charge in [0.25, 0.3) is 0 Å². The molecule has 0 unspecified atom stereocenters. The molecular weight excluding hydrogens is 346 g/mol. The van der Waals surface area contributed by atoms with Gasteiger partial charge in [-0.1, -0.05) is 36.9 Å². The molecule has 2 aliphatic rings. The number of benzene rings is 1. The fraction of sp³-hybridized carbons (Fsp3) is 0.450. The quantitative estimate of drug-likeness (QED) is 0.797. The Bertz CT molecular complexity index is 692. The van der Waals surface area contributed by atoms with Crippen LogP contribution in [0, 0.1) is 5.92 Å². The summed E-state index contributed by atoms with van der Waals surface area (Å²) in [7, 11) is 0. The molecule has 2 saturated heterocycles. The minimum absolute atomic E-state index is 0.00278. The number of likely N-dealkylation sites (tertiary alicyclic amines) is 2. The van der Waals surface area contributed by atoms with Crippen LogP contribution >= 0.6 is 0 Å². The third kappa shape index (κ3) is 4.87. The normalized spacial score (nSPS) is 17.8. The number of carbonyl (C=O) groups is 3. The summed E-state index contributed by atoms with van der Waals surface area (Å²) in [6.07, 6.45) is 2.25. The minimum Gasteiger partial charge on any atom is -0.445 e. The first-order chi connectivity index (χ1) is 13.1. The molecule has 1 aromatic carbocycles. The Morgan fingerprint density at radius 3 is 2.41 bits per heavy atom. The zero-order valence-electron chi connectivity index (χ0n) is 15.3. The van der Waals surface area contributed by atoms with Gasteiger partial charge in [0.1, 0.15) is 6.61 Å². The summed E-state index contributed by atoms with van der Waals surface area (Å²) < 4.78 is 5.28. The smallest absolute Gasteiger partial charge is 0.410 e. The number of piperidine rings is 1. The Balaban J connectivity index is 1.34. The van der Waals surface area contributed by atoms with Crippen LogP contribution < -0.4 is 5.32 Å². The van der Waals surface area contributed by atoms with E-state index in [0.29, 0.717) is 39.0 Å². The highest BCUT2D eigenvalue weighted by Crippen LogP contribution is 2.19. The Labute approximate surface area is 159 Å². The molecule has 0 atom stereocenters. The van der Waals surface area contributed by atoms with E-state index in [2.05, 4.69) is 11.9 Å². The summed E-state index contributed by atoms with van der Waals surface area (Å²) in [6.45, 7) is 5.81. The summed E-state index contributed by atoms with van der Waals surface area (Å²) in [4.78, 5) is 39.2. The number of hydrogen-bond donors (Lipinski definition) is 1. The molecule has 0 bridgehead atoms. The largest absolute Gasteiger partial charge is 0.445 e. The number of rotatable bonds is 5. The van der Waals surface area contributed by atoms with Gasteiger partial charge in [-0.15, -0.1) is 0 Å². The van der Waals surface area contributed by atoms with E-state index in [4.69, 9.17) is 4.74 Å². The van der Waals surface area contributed by atoms with Gasteiger partial charge >= 0.3 is 6.09 Å². The van der Waals surface area contributed by atoms with Crippen molar-refractivity contribution in [2.75, 3.05) is 26.2 Å². The van der Waals surface area contributed by atoms with E-state index in [1.54, 1.807) is 9.80 Å². The number of nitrogens with zero attached hydrogens (tertiary/aromatic N) is 2. The number of hydrogen-bond acceptors (Lipinski definition) is 4. The molecule has 7 heteroatoms. The highest BCUT2D eigenvalue weighted by Gasteiger charge is 2.35. The van der Waals surface area contributed by atoms with Crippen molar-refractivity contribution in [3.05, 3.63) is 48.6 Å². The molecule has 0 radical (unpaired) electrons. The van der Waals surface area contributed by atoms with E-state index in [0.717, 1.165) is 5.56 Å². The first-order valence-electron chi connectivity index (χ1n) is 9.24. The lowest BCUT2D eigenvalue weighted by Crippen LogP contribution is -2.62. The lowest BCUT2D eigenvalue weighted by molar-refractivity contribution is -0.133. The van der Waals surface area contributed by atoms with Crippen molar-refractivity contribution in [2.24, 2.45) is 5.92 Å². The van der Waals surface area contributed by atoms with Crippen LogP contribution in [0.1, 0.15) is 18.4 Å². The van der Waals surface area contributed by atoms with Gasteiger partial charge in [0.2, 0.25) is 11.8 Å². The van der Waals surface area contributed by atoms with Crippen molar-refractivity contribution < 1.29 is 19.1 Å². The molecule has 2 fully saturated rings.